The van der Waals surface area contributed by atoms with Gasteiger partial charge in [-0.05, 0) is 24.3 Å². The summed E-state index contributed by atoms with van der Waals surface area (Å²) >= 11 is 3.02. The molecule has 0 saturated heterocycles. The summed E-state index contributed by atoms with van der Waals surface area (Å²) in [6.45, 7) is 0. The molecule has 0 heterocycles. The van der Waals surface area contributed by atoms with Gasteiger partial charge in [-0.15, -0.1) is 0 Å². The molecule has 0 aliphatic carbocycles. The maximum absolute atomic E-state index is 11.2. The quantitative estimate of drug-likeness (QED) is 0.500. The molecule has 7 heteroatoms. The highest BCUT2D eigenvalue weighted by atomic mass is 79.9. The van der Waals surface area contributed by atoms with Crippen LogP contribution in [0.4, 0.5) is 5.69 Å². The average Bonchev–Trinajstić information content (AvgIpc) is 2.15. The number of rotatable bonds is 4. The van der Waals surface area contributed by atoms with Gasteiger partial charge in [-0.2, -0.15) is 8.42 Å². The van der Waals surface area contributed by atoms with E-state index in [4.69, 9.17) is 4.55 Å². The second-order valence-electron chi connectivity index (χ2n) is 2.71. The van der Waals surface area contributed by atoms with Crippen LogP contribution in [0.3, 0.4) is 0 Å². The van der Waals surface area contributed by atoms with Crippen LogP contribution >= 0.6 is 15.9 Å². The topological polar surface area (TPSA) is 83.5 Å². The number of anilines is 1. The molecule has 0 radical (unpaired) electrons. The Hall–Kier alpha value is -0.920. The Balaban J connectivity index is 2.86. The van der Waals surface area contributed by atoms with E-state index in [-0.39, 0.29) is 16.8 Å². The number of alkyl halides is 1. The SMILES string of the molecule is O=C(CBr)c1ccc(NS(=O)(=O)O)cc1. The summed E-state index contributed by atoms with van der Waals surface area (Å²) in [5.41, 5.74) is 0.663. The molecule has 82 valence electrons. The largest absolute Gasteiger partial charge is 0.357 e. The number of hydrogen-bond donors (Lipinski definition) is 2. The average molecular weight is 294 g/mol. The third kappa shape index (κ3) is 3.98. The molecule has 0 spiro atoms. The first-order valence-corrected chi connectivity index (χ1v) is 6.43. The smallest absolute Gasteiger partial charge is 0.293 e. The monoisotopic (exact) mass is 293 g/mol. The molecule has 0 aliphatic heterocycles. The zero-order valence-corrected chi connectivity index (χ0v) is 9.88. The van der Waals surface area contributed by atoms with Crippen molar-refractivity contribution in [1.29, 1.82) is 0 Å². The number of halogens is 1. The van der Waals surface area contributed by atoms with Gasteiger partial charge in [-0.1, -0.05) is 15.9 Å². The molecular formula is C8H8BrNO4S. The molecule has 1 aromatic rings. The van der Waals surface area contributed by atoms with Crippen LogP contribution in [0.1, 0.15) is 10.4 Å². The lowest BCUT2D eigenvalue weighted by Gasteiger charge is -2.02. The molecule has 1 rings (SSSR count). The molecule has 0 fully saturated rings. The Labute approximate surface area is 95.5 Å². The summed E-state index contributed by atoms with van der Waals surface area (Å²) in [5.74, 6) is -0.103. The van der Waals surface area contributed by atoms with Crippen molar-refractivity contribution in [3.8, 4) is 0 Å². The number of carbonyl (C=O) groups is 1. The van der Waals surface area contributed by atoms with Gasteiger partial charge in [0.05, 0.1) is 11.0 Å². The van der Waals surface area contributed by atoms with Crippen LogP contribution in [0.25, 0.3) is 0 Å². The Morgan fingerprint density at radius 2 is 1.87 bits per heavy atom. The Morgan fingerprint density at radius 3 is 2.27 bits per heavy atom. The molecule has 0 bridgehead atoms. The zero-order valence-electron chi connectivity index (χ0n) is 7.47. The lowest BCUT2D eigenvalue weighted by atomic mass is 10.1. The van der Waals surface area contributed by atoms with Crippen molar-refractivity contribution in [2.24, 2.45) is 0 Å². The van der Waals surface area contributed by atoms with Crippen LogP contribution in [-0.4, -0.2) is 24.1 Å². The van der Waals surface area contributed by atoms with E-state index < -0.39 is 10.3 Å². The van der Waals surface area contributed by atoms with Gasteiger partial charge < -0.3 is 0 Å². The van der Waals surface area contributed by atoms with Crippen molar-refractivity contribution < 1.29 is 17.8 Å². The van der Waals surface area contributed by atoms with Crippen molar-refractivity contribution in [3.05, 3.63) is 29.8 Å². The molecule has 5 nitrogen and oxygen atoms in total. The van der Waals surface area contributed by atoms with Gasteiger partial charge in [0, 0.05) is 5.56 Å². The minimum atomic E-state index is -4.26. The summed E-state index contributed by atoms with van der Waals surface area (Å²) in [4.78, 5) is 11.2. The minimum Gasteiger partial charge on any atom is -0.293 e. The van der Waals surface area contributed by atoms with E-state index in [2.05, 4.69) is 15.9 Å². The summed E-state index contributed by atoms with van der Waals surface area (Å²) < 4.78 is 31.2. The zero-order chi connectivity index (χ0) is 11.5. The van der Waals surface area contributed by atoms with E-state index in [0.29, 0.717) is 5.56 Å². The number of benzene rings is 1. The van der Waals surface area contributed by atoms with Crippen LogP contribution in [0.5, 0.6) is 0 Å². The van der Waals surface area contributed by atoms with E-state index in [1.54, 1.807) is 0 Å². The fourth-order valence-electron chi connectivity index (χ4n) is 0.950. The highest BCUT2D eigenvalue weighted by Crippen LogP contribution is 2.11. The van der Waals surface area contributed by atoms with Gasteiger partial charge in [0.25, 0.3) is 0 Å². The van der Waals surface area contributed by atoms with E-state index in [1.165, 1.54) is 24.3 Å². The summed E-state index contributed by atoms with van der Waals surface area (Å²) in [6.07, 6.45) is 0. The van der Waals surface area contributed by atoms with Crippen molar-refractivity contribution >= 4 is 37.7 Å². The lowest BCUT2D eigenvalue weighted by Crippen LogP contribution is -2.10. The molecule has 15 heavy (non-hydrogen) atoms. The Morgan fingerprint density at radius 1 is 1.33 bits per heavy atom. The van der Waals surface area contributed by atoms with Crippen molar-refractivity contribution in [2.45, 2.75) is 0 Å². The van der Waals surface area contributed by atoms with Crippen LogP contribution in [-0.2, 0) is 10.3 Å². The van der Waals surface area contributed by atoms with Gasteiger partial charge in [-0.25, -0.2) is 0 Å². The predicted molar refractivity (Wildman–Crippen MR) is 59.7 cm³/mol. The molecule has 0 saturated carbocycles. The van der Waals surface area contributed by atoms with Gasteiger partial charge >= 0.3 is 10.3 Å². The molecule has 0 amide bonds. The van der Waals surface area contributed by atoms with E-state index >= 15 is 0 Å². The number of nitrogens with one attached hydrogen (secondary N) is 1. The van der Waals surface area contributed by atoms with Crippen LogP contribution in [0, 0.1) is 0 Å². The third-order valence-electron chi connectivity index (χ3n) is 1.58. The van der Waals surface area contributed by atoms with Crippen LogP contribution < -0.4 is 4.72 Å². The van der Waals surface area contributed by atoms with Crippen molar-refractivity contribution in [3.63, 3.8) is 0 Å². The van der Waals surface area contributed by atoms with Gasteiger partial charge in [0.2, 0.25) is 0 Å². The van der Waals surface area contributed by atoms with Crippen LogP contribution in [0.2, 0.25) is 0 Å². The van der Waals surface area contributed by atoms with Gasteiger partial charge in [-0.3, -0.25) is 14.1 Å². The molecule has 0 unspecified atom stereocenters. The maximum atomic E-state index is 11.2. The van der Waals surface area contributed by atoms with Gasteiger partial charge in [0.1, 0.15) is 0 Å². The number of ketones is 1. The molecular weight excluding hydrogens is 286 g/mol. The molecule has 0 aromatic heterocycles. The molecule has 2 N–H and O–H groups in total. The number of Topliss-reactive ketones (excluding diaryl/α,β-unsaturated/α-hetero) is 1. The first-order valence-electron chi connectivity index (χ1n) is 3.87. The van der Waals surface area contributed by atoms with Crippen molar-refractivity contribution in [1.82, 2.24) is 0 Å². The normalized spacial score (nSPS) is 11.1. The number of carbonyl (C=O) groups excluding carboxylic acids is 1. The Kier molecular flexibility index (Phi) is 3.83. The second-order valence-corrected chi connectivity index (χ2v) is 4.43. The lowest BCUT2D eigenvalue weighted by molar-refractivity contribution is 0.102. The fourth-order valence-corrected chi connectivity index (χ4v) is 1.71. The molecule has 0 atom stereocenters. The molecule has 0 aliphatic rings. The summed E-state index contributed by atoms with van der Waals surface area (Å²) in [5, 5.41) is 0.206. The highest BCUT2D eigenvalue weighted by Gasteiger charge is 2.06. The van der Waals surface area contributed by atoms with E-state index in [0.717, 1.165) is 0 Å². The molecule has 1 aromatic carbocycles. The second kappa shape index (κ2) is 4.73. The standard InChI is InChI=1S/C8H8BrNO4S/c9-5-8(11)6-1-3-7(4-2-6)10-15(12,13)14/h1-4,10H,5H2,(H,12,13,14). The predicted octanol–water partition coefficient (Wildman–Crippen LogP) is 1.48. The highest BCUT2D eigenvalue weighted by molar-refractivity contribution is 9.09. The van der Waals surface area contributed by atoms with E-state index in [1.807, 2.05) is 4.72 Å². The summed E-state index contributed by atoms with van der Waals surface area (Å²) in [6, 6.07) is 5.72. The van der Waals surface area contributed by atoms with Crippen LogP contribution in [0.15, 0.2) is 24.3 Å². The first-order chi connectivity index (χ1) is 6.92. The third-order valence-corrected chi connectivity index (χ3v) is 2.58. The fraction of sp³-hybridized carbons (Fsp3) is 0.125. The minimum absolute atomic E-state index is 0.103. The summed E-state index contributed by atoms with van der Waals surface area (Å²) in [7, 11) is -4.26. The maximum Gasteiger partial charge on any atom is 0.357 e. The van der Waals surface area contributed by atoms with Crippen molar-refractivity contribution in [2.75, 3.05) is 10.1 Å². The van der Waals surface area contributed by atoms with Gasteiger partial charge in [0.15, 0.2) is 5.78 Å². The first kappa shape index (κ1) is 12.2. The van der Waals surface area contributed by atoms with E-state index in [9.17, 15) is 13.2 Å². The Bertz CT molecular complexity index is 454. The number of hydrogen-bond acceptors (Lipinski definition) is 3.